The van der Waals surface area contributed by atoms with Crippen LogP contribution < -0.4 is 20.5 Å². The van der Waals surface area contributed by atoms with Gasteiger partial charge in [0.1, 0.15) is 11.5 Å². The van der Waals surface area contributed by atoms with Crippen molar-refractivity contribution >= 4 is 5.91 Å². The number of carbonyl (C=O) groups excluding carboxylic acids is 1. The number of carbonyl (C=O) groups is 1. The molecule has 0 spiro atoms. The summed E-state index contributed by atoms with van der Waals surface area (Å²) < 4.78 is 10.7. The largest absolute Gasteiger partial charge is 0.497 e. The first-order chi connectivity index (χ1) is 13.6. The first-order valence-corrected chi connectivity index (χ1v) is 9.61. The molecule has 3 rings (SSSR count). The van der Waals surface area contributed by atoms with Gasteiger partial charge in [-0.1, -0.05) is 30.3 Å². The molecule has 0 aliphatic carbocycles. The number of nitrogens with two attached hydrogens (primary N) is 1. The number of amides is 1. The molecule has 2 aromatic rings. The van der Waals surface area contributed by atoms with E-state index in [9.17, 15) is 4.79 Å². The Morgan fingerprint density at radius 2 is 1.82 bits per heavy atom. The van der Waals surface area contributed by atoms with Crippen LogP contribution in [0, 0.1) is 0 Å². The Hall–Kier alpha value is -2.57. The molecule has 1 saturated heterocycles. The maximum absolute atomic E-state index is 12.4. The number of methoxy groups -OCH3 is 2. The van der Waals surface area contributed by atoms with E-state index >= 15 is 0 Å². The van der Waals surface area contributed by atoms with Crippen molar-refractivity contribution in [3.8, 4) is 11.5 Å². The van der Waals surface area contributed by atoms with Crippen LogP contribution in [0.25, 0.3) is 0 Å². The summed E-state index contributed by atoms with van der Waals surface area (Å²) in [6, 6.07) is 15.4. The van der Waals surface area contributed by atoms with Crippen molar-refractivity contribution in [3.63, 3.8) is 0 Å². The summed E-state index contributed by atoms with van der Waals surface area (Å²) in [6.45, 7) is 2.53. The lowest BCUT2D eigenvalue weighted by Crippen LogP contribution is -2.47. The fourth-order valence-electron chi connectivity index (χ4n) is 3.58. The number of ether oxygens (including phenoxy) is 2. The second-order valence-electron chi connectivity index (χ2n) is 7.25. The van der Waals surface area contributed by atoms with Gasteiger partial charge < -0.3 is 20.5 Å². The highest BCUT2D eigenvalue weighted by molar-refractivity contribution is 5.82. The zero-order chi connectivity index (χ0) is 19.9. The van der Waals surface area contributed by atoms with Gasteiger partial charge in [-0.15, -0.1) is 0 Å². The maximum atomic E-state index is 12.4. The Kier molecular flexibility index (Phi) is 6.90. The van der Waals surface area contributed by atoms with E-state index in [2.05, 4.69) is 10.2 Å². The van der Waals surface area contributed by atoms with E-state index in [1.807, 2.05) is 48.5 Å². The van der Waals surface area contributed by atoms with E-state index in [1.54, 1.807) is 14.2 Å². The third-order valence-electron chi connectivity index (χ3n) is 5.07. The Balaban J connectivity index is 1.50. The zero-order valence-corrected chi connectivity index (χ0v) is 16.6. The van der Waals surface area contributed by atoms with E-state index in [1.165, 1.54) is 0 Å². The van der Waals surface area contributed by atoms with Crippen LogP contribution in [0.1, 0.15) is 17.5 Å². The standard InChI is InChI=1S/C22H29N3O3/c1-27-19-10-17(11-20(13-19)28-2)14-25-9-8-18(15-25)24-22(26)21(23)12-16-6-4-3-5-7-16/h3-7,10-11,13,18,21H,8-9,12,14-15,23H2,1-2H3,(H,24,26). The van der Waals surface area contributed by atoms with Crippen LogP contribution in [-0.4, -0.2) is 50.2 Å². The van der Waals surface area contributed by atoms with Crippen LogP contribution >= 0.6 is 0 Å². The van der Waals surface area contributed by atoms with Gasteiger partial charge in [0.05, 0.1) is 20.3 Å². The summed E-state index contributed by atoms with van der Waals surface area (Å²) >= 11 is 0. The summed E-state index contributed by atoms with van der Waals surface area (Å²) in [6.07, 6.45) is 1.47. The van der Waals surface area contributed by atoms with Gasteiger partial charge in [-0.05, 0) is 36.1 Å². The van der Waals surface area contributed by atoms with Crippen LogP contribution in [0.4, 0.5) is 0 Å². The van der Waals surface area contributed by atoms with Crippen molar-refractivity contribution in [2.24, 2.45) is 5.73 Å². The van der Waals surface area contributed by atoms with Crippen LogP contribution in [-0.2, 0) is 17.8 Å². The predicted molar refractivity (Wildman–Crippen MR) is 109 cm³/mol. The number of rotatable bonds is 8. The molecule has 150 valence electrons. The lowest BCUT2D eigenvalue weighted by atomic mass is 10.1. The molecule has 1 fully saturated rings. The first-order valence-electron chi connectivity index (χ1n) is 9.61. The van der Waals surface area contributed by atoms with Crippen LogP contribution in [0.3, 0.4) is 0 Å². The molecule has 0 bridgehead atoms. The molecule has 2 unspecified atom stereocenters. The minimum atomic E-state index is -0.529. The number of benzene rings is 2. The number of hydrogen-bond donors (Lipinski definition) is 2. The van der Waals surface area contributed by atoms with Gasteiger partial charge >= 0.3 is 0 Å². The Morgan fingerprint density at radius 1 is 1.14 bits per heavy atom. The summed E-state index contributed by atoms with van der Waals surface area (Å²) in [5.41, 5.74) is 8.30. The molecule has 3 N–H and O–H groups in total. The Labute approximate surface area is 166 Å². The highest BCUT2D eigenvalue weighted by atomic mass is 16.5. The average molecular weight is 383 g/mol. The maximum Gasteiger partial charge on any atom is 0.237 e. The third-order valence-corrected chi connectivity index (χ3v) is 5.07. The van der Waals surface area contributed by atoms with Crippen molar-refractivity contribution in [2.45, 2.75) is 31.5 Å². The summed E-state index contributed by atoms with van der Waals surface area (Å²) in [5.74, 6) is 1.48. The van der Waals surface area contributed by atoms with Gasteiger partial charge in [0, 0.05) is 31.7 Å². The minimum absolute atomic E-state index is 0.0845. The second kappa shape index (κ2) is 9.57. The molecule has 1 amide bonds. The molecule has 6 nitrogen and oxygen atoms in total. The normalized spacial score (nSPS) is 17.9. The highest BCUT2D eigenvalue weighted by Gasteiger charge is 2.26. The molecular formula is C22H29N3O3. The smallest absolute Gasteiger partial charge is 0.237 e. The first kappa shape index (κ1) is 20.2. The molecule has 1 aliphatic rings. The van der Waals surface area contributed by atoms with E-state index in [4.69, 9.17) is 15.2 Å². The van der Waals surface area contributed by atoms with Crippen LogP contribution in [0.5, 0.6) is 11.5 Å². The molecule has 28 heavy (non-hydrogen) atoms. The molecule has 1 heterocycles. The summed E-state index contributed by atoms with van der Waals surface area (Å²) in [4.78, 5) is 14.8. The Morgan fingerprint density at radius 3 is 2.46 bits per heavy atom. The number of nitrogens with zero attached hydrogens (tertiary/aromatic N) is 1. The van der Waals surface area contributed by atoms with Crippen molar-refractivity contribution in [3.05, 3.63) is 59.7 Å². The number of likely N-dealkylation sites (tertiary alicyclic amines) is 1. The zero-order valence-electron chi connectivity index (χ0n) is 16.6. The molecule has 0 aromatic heterocycles. The van der Waals surface area contributed by atoms with Crippen molar-refractivity contribution < 1.29 is 14.3 Å². The lowest BCUT2D eigenvalue weighted by Gasteiger charge is -2.19. The fourth-order valence-corrected chi connectivity index (χ4v) is 3.58. The quantitative estimate of drug-likeness (QED) is 0.729. The van der Waals surface area contributed by atoms with E-state index < -0.39 is 6.04 Å². The van der Waals surface area contributed by atoms with Gasteiger partial charge in [-0.2, -0.15) is 0 Å². The number of nitrogens with one attached hydrogen (secondary N) is 1. The molecule has 2 atom stereocenters. The van der Waals surface area contributed by atoms with Crippen molar-refractivity contribution in [2.75, 3.05) is 27.3 Å². The third kappa shape index (κ3) is 5.47. The lowest BCUT2D eigenvalue weighted by molar-refractivity contribution is -0.123. The van der Waals surface area contributed by atoms with Gasteiger partial charge in [0.25, 0.3) is 0 Å². The van der Waals surface area contributed by atoms with Gasteiger partial charge in [0.2, 0.25) is 5.91 Å². The van der Waals surface area contributed by atoms with Gasteiger partial charge in [-0.3, -0.25) is 9.69 Å². The van der Waals surface area contributed by atoms with Crippen molar-refractivity contribution in [1.82, 2.24) is 10.2 Å². The summed E-state index contributed by atoms with van der Waals surface area (Å²) in [5, 5.41) is 3.10. The topological polar surface area (TPSA) is 76.8 Å². The number of hydrogen-bond acceptors (Lipinski definition) is 5. The molecule has 0 radical (unpaired) electrons. The molecular weight excluding hydrogens is 354 g/mol. The predicted octanol–water partition coefficient (Wildman–Crippen LogP) is 1.96. The SMILES string of the molecule is COc1cc(CN2CCC(NC(=O)C(N)Cc3ccccc3)C2)cc(OC)c1. The molecule has 0 saturated carbocycles. The monoisotopic (exact) mass is 383 g/mol. The Bertz CT molecular complexity index is 760. The highest BCUT2D eigenvalue weighted by Crippen LogP contribution is 2.24. The molecule has 2 aromatic carbocycles. The molecule has 6 heteroatoms. The average Bonchev–Trinajstić information content (AvgIpc) is 3.14. The van der Waals surface area contributed by atoms with Gasteiger partial charge in [0.15, 0.2) is 0 Å². The van der Waals surface area contributed by atoms with E-state index in [0.717, 1.165) is 48.7 Å². The minimum Gasteiger partial charge on any atom is -0.497 e. The second-order valence-corrected chi connectivity index (χ2v) is 7.25. The summed E-state index contributed by atoms with van der Waals surface area (Å²) in [7, 11) is 3.30. The van der Waals surface area contributed by atoms with Gasteiger partial charge in [-0.25, -0.2) is 0 Å². The molecule has 1 aliphatic heterocycles. The van der Waals surface area contributed by atoms with E-state index in [-0.39, 0.29) is 11.9 Å². The van der Waals surface area contributed by atoms with Crippen LogP contribution in [0.15, 0.2) is 48.5 Å². The van der Waals surface area contributed by atoms with E-state index in [0.29, 0.717) is 6.42 Å². The fraction of sp³-hybridized carbons (Fsp3) is 0.409. The van der Waals surface area contributed by atoms with Crippen LogP contribution in [0.2, 0.25) is 0 Å². The van der Waals surface area contributed by atoms with Crippen molar-refractivity contribution in [1.29, 1.82) is 0 Å².